The Balaban J connectivity index is 4.01. The predicted molar refractivity (Wildman–Crippen MR) is 57.6 cm³/mol. The Morgan fingerprint density at radius 1 is 1.36 bits per heavy atom. The van der Waals surface area contributed by atoms with E-state index in [0.29, 0.717) is 18.9 Å². The molecule has 0 amide bonds. The molecule has 0 aromatic rings. The van der Waals surface area contributed by atoms with E-state index < -0.39 is 10.0 Å². The summed E-state index contributed by atoms with van der Waals surface area (Å²) >= 11 is 0. The highest BCUT2D eigenvalue weighted by Gasteiger charge is 2.16. The van der Waals surface area contributed by atoms with Crippen LogP contribution in [0, 0.1) is 5.92 Å². The molecule has 0 heterocycles. The topological polar surface area (TPSA) is 57.6 Å². The van der Waals surface area contributed by atoms with Crippen LogP contribution in [0.2, 0.25) is 0 Å². The molecule has 0 rings (SSSR count). The van der Waals surface area contributed by atoms with Crippen molar-refractivity contribution in [1.29, 1.82) is 0 Å². The van der Waals surface area contributed by atoms with Crippen LogP contribution >= 0.6 is 0 Å². The number of hydrogen-bond acceptors (Lipinski definition) is 3. The van der Waals surface area contributed by atoms with Gasteiger partial charge in [0.2, 0.25) is 10.0 Å². The third-order valence-corrected chi connectivity index (χ3v) is 3.99. The zero-order valence-corrected chi connectivity index (χ0v) is 10.0. The molecule has 0 unspecified atom stereocenters. The summed E-state index contributed by atoms with van der Waals surface area (Å²) in [4.78, 5) is 0. The molecule has 4 nitrogen and oxygen atoms in total. The SMILES string of the molecule is CC(C)CCN(C)S(=O)(=O)CCCO. The van der Waals surface area contributed by atoms with Crippen LogP contribution in [0.25, 0.3) is 0 Å². The van der Waals surface area contributed by atoms with Crippen molar-refractivity contribution in [3.8, 4) is 0 Å². The number of nitrogens with zero attached hydrogens (tertiary/aromatic N) is 1. The minimum Gasteiger partial charge on any atom is -0.396 e. The first-order chi connectivity index (χ1) is 6.40. The van der Waals surface area contributed by atoms with E-state index >= 15 is 0 Å². The van der Waals surface area contributed by atoms with Gasteiger partial charge in [0.25, 0.3) is 0 Å². The van der Waals surface area contributed by atoms with Gasteiger partial charge in [-0.1, -0.05) is 13.8 Å². The molecule has 0 saturated heterocycles. The Hall–Kier alpha value is -0.130. The summed E-state index contributed by atoms with van der Waals surface area (Å²) in [5.41, 5.74) is 0. The van der Waals surface area contributed by atoms with Crippen LogP contribution in [0.1, 0.15) is 26.7 Å². The van der Waals surface area contributed by atoms with Crippen molar-refractivity contribution in [3.63, 3.8) is 0 Å². The second-order valence-corrected chi connectivity index (χ2v) is 6.09. The van der Waals surface area contributed by atoms with Crippen molar-refractivity contribution >= 4 is 10.0 Å². The molecule has 0 atom stereocenters. The zero-order chi connectivity index (χ0) is 11.2. The van der Waals surface area contributed by atoms with E-state index in [1.54, 1.807) is 7.05 Å². The average Bonchev–Trinajstić information content (AvgIpc) is 2.10. The minimum atomic E-state index is -3.14. The van der Waals surface area contributed by atoms with Crippen LogP contribution in [-0.2, 0) is 10.0 Å². The van der Waals surface area contributed by atoms with Gasteiger partial charge >= 0.3 is 0 Å². The number of sulfonamides is 1. The number of aliphatic hydroxyl groups is 1. The summed E-state index contributed by atoms with van der Waals surface area (Å²) < 4.78 is 24.4. The Kier molecular flexibility index (Phi) is 6.31. The number of aliphatic hydroxyl groups excluding tert-OH is 1. The second kappa shape index (κ2) is 6.37. The Bertz CT molecular complexity index is 236. The fourth-order valence-corrected chi connectivity index (χ4v) is 2.17. The van der Waals surface area contributed by atoms with Crippen LogP contribution in [0.4, 0.5) is 0 Å². The van der Waals surface area contributed by atoms with Gasteiger partial charge < -0.3 is 5.11 Å². The van der Waals surface area contributed by atoms with Gasteiger partial charge in [-0.15, -0.1) is 0 Å². The molecule has 5 heteroatoms. The molecule has 0 aromatic carbocycles. The highest BCUT2D eigenvalue weighted by Crippen LogP contribution is 2.05. The molecule has 86 valence electrons. The highest BCUT2D eigenvalue weighted by molar-refractivity contribution is 7.89. The lowest BCUT2D eigenvalue weighted by Crippen LogP contribution is -2.31. The van der Waals surface area contributed by atoms with Crippen molar-refractivity contribution in [2.45, 2.75) is 26.7 Å². The number of rotatable bonds is 7. The van der Waals surface area contributed by atoms with E-state index in [-0.39, 0.29) is 12.4 Å². The molecule has 0 bridgehead atoms. The maximum absolute atomic E-state index is 11.5. The van der Waals surface area contributed by atoms with Gasteiger partial charge in [-0.25, -0.2) is 12.7 Å². The predicted octanol–water partition coefficient (Wildman–Crippen LogP) is 0.677. The lowest BCUT2D eigenvalue weighted by atomic mass is 10.1. The maximum atomic E-state index is 11.5. The highest BCUT2D eigenvalue weighted by atomic mass is 32.2. The van der Waals surface area contributed by atoms with Gasteiger partial charge in [-0.3, -0.25) is 0 Å². The Labute approximate surface area is 87.0 Å². The molecule has 0 aliphatic carbocycles. The molecule has 14 heavy (non-hydrogen) atoms. The lowest BCUT2D eigenvalue weighted by molar-refractivity contribution is 0.294. The van der Waals surface area contributed by atoms with Gasteiger partial charge in [0.1, 0.15) is 0 Å². The average molecular weight is 223 g/mol. The zero-order valence-electron chi connectivity index (χ0n) is 9.23. The first-order valence-corrected chi connectivity index (χ1v) is 6.56. The summed E-state index contributed by atoms with van der Waals surface area (Å²) in [5, 5.41) is 8.55. The Morgan fingerprint density at radius 3 is 2.36 bits per heavy atom. The summed E-state index contributed by atoms with van der Waals surface area (Å²) in [5.74, 6) is 0.545. The van der Waals surface area contributed by atoms with Crippen molar-refractivity contribution in [1.82, 2.24) is 4.31 Å². The fraction of sp³-hybridized carbons (Fsp3) is 1.00. The molecule has 0 aliphatic heterocycles. The molecule has 0 spiro atoms. The standard InChI is InChI=1S/C9H21NO3S/c1-9(2)5-6-10(3)14(12,13)8-4-7-11/h9,11H,4-8H2,1-3H3. The normalized spacial score (nSPS) is 12.7. The summed E-state index contributed by atoms with van der Waals surface area (Å²) in [7, 11) is -1.55. The molecule has 0 aromatic heterocycles. The molecule has 0 radical (unpaired) electrons. The van der Waals surface area contributed by atoms with E-state index in [9.17, 15) is 8.42 Å². The van der Waals surface area contributed by atoms with Crippen LogP contribution in [0.15, 0.2) is 0 Å². The summed E-state index contributed by atoms with van der Waals surface area (Å²) in [6.45, 7) is 4.62. The van der Waals surface area contributed by atoms with Crippen molar-refractivity contribution in [3.05, 3.63) is 0 Å². The van der Waals surface area contributed by atoms with Gasteiger partial charge in [0.15, 0.2) is 0 Å². The van der Waals surface area contributed by atoms with Gasteiger partial charge in [-0.05, 0) is 18.8 Å². The van der Waals surface area contributed by atoms with E-state index in [1.165, 1.54) is 4.31 Å². The van der Waals surface area contributed by atoms with Crippen LogP contribution < -0.4 is 0 Å². The first kappa shape index (κ1) is 13.9. The quantitative estimate of drug-likeness (QED) is 0.690. The van der Waals surface area contributed by atoms with Crippen LogP contribution in [-0.4, -0.2) is 43.8 Å². The van der Waals surface area contributed by atoms with Crippen molar-refractivity contribution in [2.24, 2.45) is 5.92 Å². The van der Waals surface area contributed by atoms with Gasteiger partial charge in [-0.2, -0.15) is 0 Å². The molecule has 0 aliphatic rings. The monoisotopic (exact) mass is 223 g/mol. The van der Waals surface area contributed by atoms with E-state index in [4.69, 9.17) is 5.11 Å². The van der Waals surface area contributed by atoms with Crippen LogP contribution in [0.5, 0.6) is 0 Å². The lowest BCUT2D eigenvalue weighted by Gasteiger charge is -2.17. The minimum absolute atomic E-state index is 0.0398. The number of hydrogen-bond donors (Lipinski definition) is 1. The van der Waals surface area contributed by atoms with E-state index in [1.807, 2.05) is 0 Å². The summed E-state index contributed by atoms with van der Waals surface area (Å²) in [6.07, 6.45) is 1.18. The molecular formula is C9H21NO3S. The Morgan fingerprint density at radius 2 is 1.93 bits per heavy atom. The van der Waals surface area contributed by atoms with E-state index in [0.717, 1.165) is 6.42 Å². The smallest absolute Gasteiger partial charge is 0.213 e. The third kappa shape index (κ3) is 5.57. The largest absolute Gasteiger partial charge is 0.396 e. The second-order valence-electron chi connectivity index (χ2n) is 3.90. The van der Waals surface area contributed by atoms with Gasteiger partial charge in [0.05, 0.1) is 5.75 Å². The third-order valence-electron chi connectivity index (χ3n) is 2.06. The van der Waals surface area contributed by atoms with E-state index in [2.05, 4.69) is 13.8 Å². The molecule has 0 saturated carbocycles. The van der Waals surface area contributed by atoms with Crippen molar-refractivity contribution in [2.75, 3.05) is 26.0 Å². The first-order valence-electron chi connectivity index (χ1n) is 4.95. The van der Waals surface area contributed by atoms with Crippen molar-refractivity contribution < 1.29 is 13.5 Å². The van der Waals surface area contributed by atoms with Crippen LogP contribution in [0.3, 0.4) is 0 Å². The molecule has 1 N–H and O–H groups in total. The maximum Gasteiger partial charge on any atom is 0.213 e. The van der Waals surface area contributed by atoms with Gasteiger partial charge in [0, 0.05) is 20.2 Å². The molecular weight excluding hydrogens is 202 g/mol. The molecule has 0 fully saturated rings. The fourth-order valence-electron chi connectivity index (χ4n) is 0.982. The summed E-state index contributed by atoms with van der Waals surface area (Å²) in [6, 6.07) is 0.